The van der Waals surface area contributed by atoms with Crippen LogP contribution in [-0.2, 0) is 25.5 Å². The second-order valence-corrected chi connectivity index (χ2v) is 13.2. The zero-order valence-corrected chi connectivity index (χ0v) is 23.9. The van der Waals surface area contributed by atoms with Crippen LogP contribution in [0.2, 0.25) is 0 Å². The van der Waals surface area contributed by atoms with Crippen molar-refractivity contribution in [1.29, 1.82) is 0 Å². The maximum Gasteiger partial charge on any atom is 0.303 e. The van der Waals surface area contributed by atoms with Gasteiger partial charge in [0.2, 0.25) is 0 Å². The molecule has 0 heterocycles. The van der Waals surface area contributed by atoms with Gasteiger partial charge in [-0.25, -0.2) is 0 Å². The molecule has 3 fully saturated rings. The minimum Gasteiger partial charge on any atom is -0.508 e. The molecule has 5 rings (SSSR count). The number of esters is 2. The number of carbonyl (C=O) groups is 2. The highest BCUT2D eigenvalue weighted by atomic mass is 16.6. The van der Waals surface area contributed by atoms with E-state index in [9.17, 15) is 14.7 Å². The lowest BCUT2D eigenvalue weighted by atomic mass is 9.45. The summed E-state index contributed by atoms with van der Waals surface area (Å²) in [6.45, 7) is 6.10. The van der Waals surface area contributed by atoms with Crippen molar-refractivity contribution in [3.63, 3.8) is 0 Å². The van der Waals surface area contributed by atoms with E-state index in [-0.39, 0.29) is 28.4 Å². The fraction of sp³-hybridized carbons (Fsp3) is 0.758. The second kappa shape index (κ2) is 10.8. The molecule has 1 aromatic carbocycles. The van der Waals surface area contributed by atoms with Crippen molar-refractivity contribution < 1.29 is 24.2 Å². The molecule has 0 aromatic heterocycles. The monoisotopic (exact) mass is 524 g/mol. The molecule has 0 radical (unpaired) electrons. The van der Waals surface area contributed by atoms with Crippen molar-refractivity contribution in [2.24, 2.45) is 22.7 Å². The first-order valence-electron chi connectivity index (χ1n) is 15.4. The molecule has 1 aromatic rings. The molecule has 4 aliphatic rings. The van der Waals surface area contributed by atoms with Gasteiger partial charge >= 0.3 is 11.9 Å². The summed E-state index contributed by atoms with van der Waals surface area (Å²) in [4.78, 5) is 23.2. The number of rotatable bonds is 11. The van der Waals surface area contributed by atoms with Gasteiger partial charge in [0.05, 0.1) is 6.61 Å². The summed E-state index contributed by atoms with van der Waals surface area (Å²) in [5.74, 6) is 1.88. The number of ether oxygens (including phenoxy) is 2. The van der Waals surface area contributed by atoms with Gasteiger partial charge in [0.1, 0.15) is 11.4 Å². The number of hydrogen-bond acceptors (Lipinski definition) is 5. The van der Waals surface area contributed by atoms with E-state index < -0.39 is 0 Å². The van der Waals surface area contributed by atoms with Gasteiger partial charge in [0.25, 0.3) is 0 Å². The Kier molecular flexibility index (Phi) is 7.86. The third-order valence-electron chi connectivity index (χ3n) is 11.4. The van der Waals surface area contributed by atoms with Crippen molar-refractivity contribution in [2.75, 3.05) is 6.61 Å². The largest absolute Gasteiger partial charge is 0.508 e. The molecule has 0 aliphatic heterocycles. The quantitative estimate of drug-likeness (QED) is 0.238. The average molecular weight is 525 g/mol. The highest BCUT2D eigenvalue weighted by Crippen LogP contribution is 2.79. The summed E-state index contributed by atoms with van der Waals surface area (Å²) >= 11 is 0. The normalized spacial score (nSPS) is 34.8. The predicted molar refractivity (Wildman–Crippen MR) is 148 cm³/mol. The summed E-state index contributed by atoms with van der Waals surface area (Å²) in [7, 11) is 0. The van der Waals surface area contributed by atoms with Crippen molar-refractivity contribution in [3.05, 3.63) is 29.3 Å². The minimum atomic E-state index is -0.274. The fourth-order valence-electron chi connectivity index (χ4n) is 9.90. The fourth-order valence-corrected chi connectivity index (χ4v) is 9.90. The van der Waals surface area contributed by atoms with Gasteiger partial charge in [-0.2, -0.15) is 0 Å². The maximum atomic E-state index is 12.3. The van der Waals surface area contributed by atoms with E-state index in [0.717, 1.165) is 38.5 Å². The van der Waals surface area contributed by atoms with E-state index >= 15 is 0 Å². The zero-order valence-electron chi connectivity index (χ0n) is 23.9. The molecule has 5 nitrogen and oxygen atoms in total. The number of phenolic OH excluding ortho intramolecular Hbond substituents is 1. The van der Waals surface area contributed by atoms with E-state index in [2.05, 4.69) is 13.0 Å². The predicted octanol–water partition coefficient (Wildman–Crippen LogP) is 7.62. The summed E-state index contributed by atoms with van der Waals surface area (Å²) in [6.07, 6.45) is 17.4. The number of benzene rings is 1. The Morgan fingerprint density at radius 3 is 2.32 bits per heavy atom. The van der Waals surface area contributed by atoms with Crippen molar-refractivity contribution in [3.8, 4) is 5.75 Å². The molecule has 38 heavy (non-hydrogen) atoms. The van der Waals surface area contributed by atoms with Crippen LogP contribution in [0.4, 0.5) is 0 Å². The van der Waals surface area contributed by atoms with Crippen LogP contribution in [-0.4, -0.2) is 29.3 Å². The average Bonchev–Trinajstić information content (AvgIpc) is 3.25. The van der Waals surface area contributed by atoms with Crippen LogP contribution in [0.25, 0.3) is 0 Å². The van der Waals surface area contributed by atoms with E-state index in [1.165, 1.54) is 75.8 Å². The molecule has 0 unspecified atom stereocenters. The number of hydrogen-bond donors (Lipinski definition) is 1. The lowest BCUT2D eigenvalue weighted by Crippen LogP contribution is -2.55. The Morgan fingerprint density at radius 2 is 1.63 bits per heavy atom. The molecule has 0 saturated heterocycles. The Bertz CT molecular complexity index is 1020. The number of carbonyl (C=O) groups excluding carboxylic acids is 2. The Hall–Kier alpha value is -2.04. The third kappa shape index (κ3) is 4.66. The maximum absolute atomic E-state index is 12.3. The van der Waals surface area contributed by atoms with Crippen LogP contribution in [0.1, 0.15) is 128 Å². The molecule has 4 aliphatic carbocycles. The van der Waals surface area contributed by atoms with Gasteiger partial charge < -0.3 is 14.6 Å². The number of aromatic hydroxyl groups is 1. The first-order chi connectivity index (χ1) is 18.2. The molecule has 1 N–H and O–H groups in total. The minimum absolute atomic E-state index is 0.0634. The van der Waals surface area contributed by atoms with Crippen molar-refractivity contribution >= 4 is 11.9 Å². The van der Waals surface area contributed by atoms with Crippen LogP contribution in [0.3, 0.4) is 0 Å². The second-order valence-electron chi connectivity index (χ2n) is 13.2. The van der Waals surface area contributed by atoms with Crippen molar-refractivity contribution in [2.45, 2.75) is 129 Å². The molecular weight excluding hydrogens is 476 g/mol. The van der Waals surface area contributed by atoms with Crippen LogP contribution >= 0.6 is 0 Å². The Labute approximate surface area is 229 Å². The van der Waals surface area contributed by atoms with E-state index in [4.69, 9.17) is 9.47 Å². The van der Waals surface area contributed by atoms with Gasteiger partial charge in [0, 0.05) is 19.3 Å². The highest BCUT2D eigenvalue weighted by Gasteiger charge is 2.76. The smallest absolute Gasteiger partial charge is 0.303 e. The number of phenols is 1. The van der Waals surface area contributed by atoms with Gasteiger partial charge in [-0.15, -0.1) is 0 Å². The molecule has 3 saturated carbocycles. The zero-order chi connectivity index (χ0) is 27.0. The van der Waals surface area contributed by atoms with Crippen LogP contribution in [0, 0.1) is 22.7 Å². The van der Waals surface area contributed by atoms with Gasteiger partial charge in [-0.3, -0.25) is 9.59 Å². The highest BCUT2D eigenvalue weighted by molar-refractivity contribution is 5.67. The summed E-state index contributed by atoms with van der Waals surface area (Å²) in [6, 6.07) is 6.15. The number of unbranched alkanes of at least 4 members (excludes halogenated alkanes) is 6. The Morgan fingerprint density at radius 1 is 0.947 bits per heavy atom. The molecule has 0 amide bonds. The molecule has 0 spiro atoms. The molecule has 210 valence electrons. The van der Waals surface area contributed by atoms with Gasteiger partial charge in [0.15, 0.2) is 0 Å². The lowest BCUT2D eigenvalue weighted by Gasteiger charge is -2.60. The molecule has 2 bridgehead atoms. The van der Waals surface area contributed by atoms with Crippen molar-refractivity contribution in [1.82, 2.24) is 0 Å². The van der Waals surface area contributed by atoms with E-state index in [1.807, 2.05) is 12.1 Å². The van der Waals surface area contributed by atoms with Crippen LogP contribution in [0.15, 0.2) is 18.2 Å². The van der Waals surface area contributed by atoms with E-state index in [1.54, 1.807) is 6.92 Å². The summed E-state index contributed by atoms with van der Waals surface area (Å²) in [5.41, 5.74) is 2.90. The lowest BCUT2D eigenvalue weighted by molar-refractivity contribution is -0.177. The standard InChI is InChI=1S/C33H48O5/c1-23(34)37-20-10-8-6-4-5-7-9-11-26-22-31(3)32(16-18-33(31,19-17-32)38-24(2)35)29-15-12-25-21-27(36)13-14-28(25)30(26)29/h13-14,21,26,29-30,36H,4-12,15-20,22H2,1-3H3/t26-,29+,30+,31-,32?,33?/m0/s1. The molecule has 4 atom stereocenters. The summed E-state index contributed by atoms with van der Waals surface area (Å²) in [5, 5.41) is 10.2. The number of aryl methyl sites for hydroxylation is 1. The van der Waals surface area contributed by atoms with Gasteiger partial charge in [-0.1, -0.05) is 51.5 Å². The molecular formula is C33H48O5. The SMILES string of the molecule is CC(=O)OCCCCCCCCC[C@H]1C[C@]2(C)C3(OC(C)=O)CCC2(CC3)[C@@H]2CCc3cc(O)ccc3[C@@H]12. The summed E-state index contributed by atoms with van der Waals surface area (Å²) < 4.78 is 11.3. The first kappa shape index (κ1) is 27.5. The first-order valence-corrected chi connectivity index (χ1v) is 15.4. The molecule has 5 heteroatoms. The van der Waals surface area contributed by atoms with Crippen LogP contribution in [0.5, 0.6) is 5.75 Å². The van der Waals surface area contributed by atoms with E-state index in [0.29, 0.717) is 30.1 Å². The topological polar surface area (TPSA) is 72.8 Å². The number of fused-ring (bicyclic) bond motifs is 3. The third-order valence-corrected chi connectivity index (χ3v) is 11.4. The van der Waals surface area contributed by atoms with Crippen LogP contribution < -0.4 is 0 Å². The Balaban J connectivity index is 1.27. The van der Waals surface area contributed by atoms with Gasteiger partial charge in [-0.05, 0) is 104 Å².